The highest BCUT2D eigenvalue weighted by atomic mass is 16.6. The van der Waals surface area contributed by atoms with E-state index in [1.165, 1.54) is 0 Å². The van der Waals surface area contributed by atoms with Gasteiger partial charge in [-0.3, -0.25) is 4.79 Å². The molecule has 1 heterocycles. The number of hydrogen-bond donors (Lipinski definition) is 1. The predicted molar refractivity (Wildman–Crippen MR) is 59.7 cm³/mol. The van der Waals surface area contributed by atoms with Crippen LogP contribution >= 0.6 is 0 Å². The zero-order chi connectivity index (χ0) is 12.2. The van der Waals surface area contributed by atoms with Gasteiger partial charge in [0.25, 0.3) is 0 Å². The lowest BCUT2D eigenvalue weighted by Crippen LogP contribution is -2.41. The quantitative estimate of drug-likeness (QED) is 0.783. The van der Waals surface area contributed by atoms with Crippen molar-refractivity contribution in [3.05, 3.63) is 0 Å². The number of carbonyl (C=O) groups is 1. The van der Waals surface area contributed by atoms with Gasteiger partial charge in [0.1, 0.15) is 5.60 Å². The van der Waals surface area contributed by atoms with E-state index in [-0.39, 0.29) is 6.04 Å². The normalized spacial score (nSPS) is 20.7. The van der Waals surface area contributed by atoms with E-state index in [0.717, 1.165) is 19.4 Å². The second kappa shape index (κ2) is 5.18. The Hall–Kier alpha value is -1.26. The first-order valence-corrected chi connectivity index (χ1v) is 5.53. The van der Waals surface area contributed by atoms with Crippen molar-refractivity contribution >= 4 is 12.5 Å². The van der Waals surface area contributed by atoms with Crippen molar-refractivity contribution in [1.29, 1.82) is 0 Å². The van der Waals surface area contributed by atoms with Gasteiger partial charge < -0.3 is 15.0 Å². The summed E-state index contributed by atoms with van der Waals surface area (Å²) in [4.78, 5) is 23.5. The molecule has 16 heavy (non-hydrogen) atoms. The van der Waals surface area contributed by atoms with E-state index in [2.05, 4.69) is 5.32 Å². The maximum Gasteiger partial charge on any atom is 0.407 e. The number of likely N-dealkylation sites (tertiary alicyclic amines) is 1. The highest BCUT2D eigenvalue weighted by Gasteiger charge is 2.25. The van der Waals surface area contributed by atoms with Crippen LogP contribution in [0.3, 0.4) is 0 Å². The summed E-state index contributed by atoms with van der Waals surface area (Å²) in [6.45, 7) is 6.60. The van der Waals surface area contributed by atoms with Crippen molar-refractivity contribution in [1.82, 2.24) is 10.2 Å². The average Bonchev–Trinajstić information content (AvgIpc) is 2.59. The first kappa shape index (κ1) is 12.8. The first-order chi connectivity index (χ1) is 7.42. The van der Waals surface area contributed by atoms with Gasteiger partial charge >= 0.3 is 12.5 Å². The number of rotatable bonds is 3. The van der Waals surface area contributed by atoms with Crippen LogP contribution in [0, 0.1) is 0 Å². The molecule has 0 aromatic heterocycles. The van der Waals surface area contributed by atoms with Crippen LogP contribution in [0.15, 0.2) is 0 Å². The Labute approximate surface area is 96.1 Å². The molecule has 0 spiro atoms. The van der Waals surface area contributed by atoms with Crippen LogP contribution in [-0.2, 0) is 9.53 Å². The molecule has 1 fully saturated rings. The summed E-state index contributed by atoms with van der Waals surface area (Å²) in [7, 11) is 0. The molecule has 0 aromatic carbocycles. The maximum absolute atomic E-state index is 11.4. The van der Waals surface area contributed by atoms with Crippen LogP contribution in [-0.4, -0.2) is 42.1 Å². The van der Waals surface area contributed by atoms with Gasteiger partial charge in [-0.05, 0) is 33.6 Å². The van der Waals surface area contributed by atoms with Crippen molar-refractivity contribution in [2.45, 2.75) is 45.3 Å². The number of amides is 2. The monoisotopic (exact) mass is 227 g/mol. The molecule has 91 valence electrons. The Morgan fingerprint density at radius 1 is 1.56 bits per heavy atom. The highest BCUT2D eigenvalue weighted by molar-refractivity contribution is 5.67. The molecule has 1 N–H and O–H groups in total. The molecule has 1 rings (SSSR count). The molecular formula is C11H19N2O3. The summed E-state index contributed by atoms with van der Waals surface area (Å²) < 4.78 is 5.10. The molecule has 0 saturated carbocycles. The van der Waals surface area contributed by atoms with Crippen LogP contribution in [0.5, 0.6) is 0 Å². The van der Waals surface area contributed by atoms with Gasteiger partial charge in [-0.15, -0.1) is 0 Å². The summed E-state index contributed by atoms with van der Waals surface area (Å²) in [5, 5.41) is 2.66. The lowest BCUT2D eigenvalue weighted by Gasteiger charge is -2.22. The highest BCUT2D eigenvalue weighted by Crippen LogP contribution is 2.14. The molecule has 1 saturated heterocycles. The summed E-state index contributed by atoms with van der Waals surface area (Å²) in [5.74, 6) is 0. The Kier molecular flexibility index (Phi) is 4.15. The maximum atomic E-state index is 11.4. The second-order valence-electron chi connectivity index (χ2n) is 4.96. The third-order valence-corrected chi connectivity index (χ3v) is 2.38. The SMILES string of the molecule is CC(C)(C)OC(=O)NCC1CCCN1[C]=O. The molecule has 0 aliphatic carbocycles. The molecule has 5 nitrogen and oxygen atoms in total. The summed E-state index contributed by atoms with van der Waals surface area (Å²) in [6.07, 6.45) is 3.31. The first-order valence-electron chi connectivity index (χ1n) is 5.53. The van der Waals surface area contributed by atoms with E-state index >= 15 is 0 Å². The molecule has 1 aliphatic rings. The minimum absolute atomic E-state index is 0.0602. The second-order valence-corrected chi connectivity index (χ2v) is 4.96. The lowest BCUT2D eigenvalue weighted by atomic mass is 10.2. The van der Waals surface area contributed by atoms with E-state index in [9.17, 15) is 9.59 Å². The largest absolute Gasteiger partial charge is 0.444 e. The summed E-state index contributed by atoms with van der Waals surface area (Å²) >= 11 is 0. The minimum Gasteiger partial charge on any atom is -0.444 e. The number of hydrogen-bond acceptors (Lipinski definition) is 3. The number of ether oxygens (including phenoxy) is 1. The van der Waals surface area contributed by atoms with Gasteiger partial charge in [0.15, 0.2) is 0 Å². The standard InChI is InChI=1S/C11H19N2O3/c1-11(2,3)16-10(15)12-7-9-5-4-6-13(9)8-14/h9H,4-7H2,1-3H3,(H,12,15). The Bertz CT molecular complexity index is 260. The molecule has 2 amide bonds. The van der Waals surface area contributed by atoms with Gasteiger partial charge in [0, 0.05) is 19.1 Å². The Balaban J connectivity index is 2.29. The number of alkyl carbamates (subject to hydrolysis) is 1. The van der Waals surface area contributed by atoms with E-state index in [4.69, 9.17) is 4.74 Å². The van der Waals surface area contributed by atoms with Crippen molar-refractivity contribution in [2.24, 2.45) is 0 Å². The topological polar surface area (TPSA) is 58.6 Å². The van der Waals surface area contributed by atoms with Crippen molar-refractivity contribution in [3.8, 4) is 0 Å². The third kappa shape index (κ3) is 4.08. The van der Waals surface area contributed by atoms with Crippen LogP contribution in [0.4, 0.5) is 4.79 Å². The van der Waals surface area contributed by atoms with E-state index in [0.29, 0.717) is 6.54 Å². The Morgan fingerprint density at radius 3 is 2.81 bits per heavy atom. The van der Waals surface area contributed by atoms with Crippen molar-refractivity contribution in [2.75, 3.05) is 13.1 Å². The Morgan fingerprint density at radius 2 is 2.25 bits per heavy atom. The van der Waals surface area contributed by atoms with Crippen LogP contribution in [0.1, 0.15) is 33.6 Å². The third-order valence-electron chi connectivity index (χ3n) is 2.38. The summed E-state index contributed by atoms with van der Waals surface area (Å²) in [6, 6.07) is 0.0602. The number of carbonyl (C=O) groups excluding carboxylic acids is 2. The average molecular weight is 227 g/mol. The molecule has 1 unspecified atom stereocenters. The summed E-state index contributed by atoms with van der Waals surface area (Å²) in [5.41, 5.74) is -0.490. The van der Waals surface area contributed by atoms with Crippen molar-refractivity contribution < 1.29 is 14.3 Å². The van der Waals surface area contributed by atoms with Gasteiger partial charge in [-0.2, -0.15) is 0 Å². The zero-order valence-electron chi connectivity index (χ0n) is 10.1. The van der Waals surface area contributed by atoms with Crippen LogP contribution in [0.25, 0.3) is 0 Å². The molecule has 5 heteroatoms. The van der Waals surface area contributed by atoms with Crippen molar-refractivity contribution in [3.63, 3.8) is 0 Å². The molecule has 1 aliphatic heterocycles. The van der Waals surface area contributed by atoms with Gasteiger partial charge in [-0.1, -0.05) is 0 Å². The zero-order valence-corrected chi connectivity index (χ0v) is 10.1. The molecule has 1 atom stereocenters. The van der Waals surface area contributed by atoms with Crippen LogP contribution < -0.4 is 5.32 Å². The number of nitrogens with one attached hydrogen (secondary N) is 1. The van der Waals surface area contributed by atoms with Gasteiger partial charge in [-0.25, -0.2) is 4.79 Å². The molecule has 0 bridgehead atoms. The minimum atomic E-state index is -0.490. The van der Waals surface area contributed by atoms with Crippen LogP contribution in [0.2, 0.25) is 0 Å². The predicted octanol–water partition coefficient (Wildman–Crippen LogP) is 1.04. The van der Waals surface area contributed by atoms with E-state index in [1.54, 1.807) is 4.90 Å². The fourth-order valence-electron chi connectivity index (χ4n) is 1.68. The van der Waals surface area contributed by atoms with Gasteiger partial charge in [0.2, 0.25) is 0 Å². The fourth-order valence-corrected chi connectivity index (χ4v) is 1.68. The number of nitrogens with zero attached hydrogens (tertiary/aromatic N) is 1. The smallest absolute Gasteiger partial charge is 0.407 e. The fraction of sp³-hybridized carbons (Fsp3) is 0.818. The molecule has 1 radical (unpaired) electrons. The molecular weight excluding hydrogens is 208 g/mol. The lowest BCUT2D eigenvalue weighted by molar-refractivity contribution is 0.0518. The van der Waals surface area contributed by atoms with E-state index < -0.39 is 11.7 Å². The van der Waals surface area contributed by atoms with Gasteiger partial charge in [0.05, 0.1) is 0 Å². The molecule has 0 aromatic rings. The van der Waals surface area contributed by atoms with E-state index in [1.807, 2.05) is 27.2 Å².